The Hall–Kier alpha value is -4.07. The third kappa shape index (κ3) is 4.64. The van der Waals surface area contributed by atoms with Gasteiger partial charge in [0.2, 0.25) is 0 Å². The van der Waals surface area contributed by atoms with Gasteiger partial charge in [-0.3, -0.25) is 4.79 Å². The van der Waals surface area contributed by atoms with E-state index < -0.39 is 0 Å². The molecule has 0 bridgehead atoms. The molecule has 2 aromatic heterocycles. The van der Waals surface area contributed by atoms with Gasteiger partial charge in [0.05, 0.1) is 5.69 Å². The van der Waals surface area contributed by atoms with Gasteiger partial charge in [0.25, 0.3) is 5.91 Å². The molecule has 0 radical (unpaired) electrons. The van der Waals surface area contributed by atoms with E-state index in [1.807, 2.05) is 63.4 Å². The monoisotopic (exact) mass is 427 g/mol. The van der Waals surface area contributed by atoms with Gasteiger partial charge in [-0.25, -0.2) is 4.98 Å². The van der Waals surface area contributed by atoms with Crippen LogP contribution in [0, 0.1) is 6.92 Å². The molecule has 0 aliphatic rings. The van der Waals surface area contributed by atoms with Gasteiger partial charge in [0.1, 0.15) is 5.82 Å². The summed E-state index contributed by atoms with van der Waals surface area (Å²) < 4.78 is 1.68. The van der Waals surface area contributed by atoms with E-state index in [1.54, 1.807) is 10.9 Å². The van der Waals surface area contributed by atoms with E-state index in [1.165, 1.54) is 5.56 Å². The highest BCUT2D eigenvalue weighted by molar-refractivity contribution is 5.96. The number of anilines is 1. The molecule has 0 unspecified atom stereocenters. The zero-order chi connectivity index (χ0) is 22.5. The Bertz CT molecular complexity index is 1230. The average Bonchev–Trinajstić information content (AvgIpc) is 3.32. The number of aryl methyl sites for hydroxylation is 2. The maximum absolute atomic E-state index is 13.1. The highest BCUT2D eigenvalue weighted by atomic mass is 16.1. The van der Waals surface area contributed by atoms with Crippen molar-refractivity contribution in [3.8, 4) is 16.8 Å². The number of hydrogen-bond donors (Lipinski definition) is 2. The van der Waals surface area contributed by atoms with Crippen LogP contribution in [0.5, 0.6) is 0 Å². The Labute approximate surface area is 186 Å². The highest BCUT2D eigenvalue weighted by Crippen LogP contribution is 2.25. The predicted octanol–water partition coefficient (Wildman–Crippen LogP) is 3.57. The third-order valence-corrected chi connectivity index (χ3v) is 5.19. The van der Waals surface area contributed by atoms with Crippen LogP contribution in [0.1, 0.15) is 34.2 Å². The topological polar surface area (TPSA) is 97.6 Å². The van der Waals surface area contributed by atoms with Crippen molar-refractivity contribution in [1.29, 1.82) is 0 Å². The molecule has 4 aromatic rings. The first-order chi connectivity index (χ1) is 15.6. The van der Waals surface area contributed by atoms with Crippen molar-refractivity contribution < 1.29 is 4.79 Å². The maximum atomic E-state index is 13.1. The van der Waals surface area contributed by atoms with Gasteiger partial charge in [-0.1, -0.05) is 36.8 Å². The van der Waals surface area contributed by atoms with Crippen LogP contribution in [0.4, 0.5) is 5.82 Å². The number of amides is 1. The van der Waals surface area contributed by atoms with Crippen LogP contribution in [0.15, 0.2) is 60.8 Å². The van der Waals surface area contributed by atoms with E-state index in [2.05, 4.69) is 43.3 Å². The zero-order valence-electron chi connectivity index (χ0n) is 18.3. The summed E-state index contributed by atoms with van der Waals surface area (Å²) in [4.78, 5) is 17.3. The lowest BCUT2D eigenvalue weighted by molar-refractivity contribution is 0.0951. The van der Waals surface area contributed by atoms with E-state index in [-0.39, 0.29) is 5.91 Å². The first kappa shape index (κ1) is 21.2. The van der Waals surface area contributed by atoms with Crippen molar-refractivity contribution in [2.24, 2.45) is 0 Å². The molecule has 0 aliphatic carbocycles. The minimum absolute atomic E-state index is 0.172. The third-order valence-electron chi connectivity index (χ3n) is 5.19. The molecule has 0 fully saturated rings. The summed E-state index contributed by atoms with van der Waals surface area (Å²) in [5.74, 6) is 1.31. The Kier molecular flexibility index (Phi) is 6.21. The number of hydrogen-bond acceptors (Lipinski definition) is 6. The Morgan fingerprint density at radius 2 is 1.84 bits per heavy atom. The number of rotatable bonds is 7. The molecule has 4 rings (SSSR count). The van der Waals surface area contributed by atoms with Crippen LogP contribution in [-0.4, -0.2) is 38.1 Å². The second-order valence-electron chi connectivity index (χ2n) is 7.48. The summed E-state index contributed by atoms with van der Waals surface area (Å²) in [5, 5.41) is 18.0. The summed E-state index contributed by atoms with van der Waals surface area (Å²) in [6, 6.07) is 17.7. The SMILES string of the molecule is CCc1nnnn1-c1cc(C(=O)NCc2ccnc(NC)c2)cc(-c2ccc(C)cc2)c1. The van der Waals surface area contributed by atoms with Crippen molar-refractivity contribution in [2.75, 3.05) is 12.4 Å². The molecule has 8 heteroatoms. The van der Waals surface area contributed by atoms with Crippen LogP contribution in [0.2, 0.25) is 0 Å². The van der Waals surface area contributed by atoms with Crippen LogP contribution < -0.4 is 10.6 Å². The minimum atomic E-state index is -0.172. The van der Waals surface area contributed by atoms with Gasteiger partial charge in [0.15, 0.2) is 5.82 Å². The predicted molar refractivity (Wildman–Crippen MR) is 124 cm³/mol. The summed E-state index contributed by atoms with van der Waals surface area (Å²) in [7, 11) is 1.81. The summed E-state index contributed by atoms with van der Waals surface area (Å²) in [5.41, 5.74) is 5.36. The van der Waals surface area contributed by atoms with E-state index >= 15 is 0 Å². The van der Waals surface area contributed by atoms with Crippen LogP contribution in [-0.2, 0) is 13.0 Å². The van der Waals surface area contributed by atoms with Crippen molar-refractivity contribution in [3.63, 3.8) is 0 Å². The minimum Gasteiger partial charge on any atom is -0.373 e. The van der Waals surface area contributed by atoms with Crippen molar-refractivity contribution >= 4 is 11.7 Å². The molecular weight excluding hydrogens is 402 g/mol. The molecular formula is C24H25N7O. The number of tetrazole rings is 1. The smallest absolute Gasteiger partial charge is 0.251 e. The molecule has 0 atom stereocenters. The lowest BCUT2D eigenvalue weighted by Gasteiger charge is -2.12. The fraction of sp³-hybridized carbons (Fsp3) is 0.208. The van der Waals surface area contributed by atoms with Crippen LogP contribution in [0.25, 0.3) is 16.8 Å². The molecule has 1 amide bonds. The van der Waals surface area contributed by atoms with Crippen molar-refractivity contribution in [3.05, 3.63) is 83.3 Å². The molecule has 0 saturated heterocycles. The number of benzene rings is 2. The van der Waals surface area contributed by atoms with E-state index in [0.29, 0.717) is 18.5 Å². The average molecular weight is 428 g/mol. The van der Waals surface area contributed by atoms with Gasteiger partial charge in [0, 0.05) is 31.8 Å². The molecule has 2 N–H and O–H groups in total. The number of carbonyl (C=O) groups excluding carboxylic acids is 1. The van der Waals surface area contributed by atoms with Gasteiger partial charge < -0.3 is 10.6 Å². The van der Waals surface area contributed by atoms with Crippen LogP contribution in [0.3, 0.4) is 0 Å². The molecule has 2 aromatic carbocycles. The fourth-order valence-electron chi connectivity index (χ4n) is 3.41. The molecule has 2 heterocycles. The summed E-state index contributed by atoms with van der Waals surface area (Å²) >= 11 is 0. The molecule has 0 saturated carbocycles. The lowest BCUT2D eigenvalue weighted by atomic mass is 10.0. The normalized spacial score (nSPS) is 10.7. The molecule has 0 spiro atoms. The quantitative estimate of drug-likeness (QED) is 0.468. The Morgan fingerprint density at radius 1 is 1.03 bits per heavy atom. The number of aromatic nitrogens is 5. The molecule has 0 aliphatic heterocycles. The second kappa shape index (κ2) is 9.38. The maximum Gasteiger partial charge on any atom is 0.251 e. The molecule has 162 valence electrons. The van der Waals surface area contributed by atoms with Gasteiger partial charge in [-0.15, -0.1) is 5.10 Å². The first-order valence-electron chi connectivity index (χ1n) is 10.5. The van der Waals surface area contributed by atoms with Gasteiger partial charge in [-0.05, 0) is 64.4 Å². The Morgan fingerprint density at radius 3 is 2.59 bits per heavy atom. The number of nitrogens with one attached hydrogen (secondary N) is 2. The summed E-state index contributed by atoms with van der Waals surface area (Å²) in [6.45, 7) is 4.44. The van der Waals surface area contributed by atoms with E-state index in [9.17, 15) is 4.79 Å². The zero-order valence-corrected chi connectivity index (χ0v) is 18.3. The molecule has 32 heavy (non-hydrogen) atoms. The lowest BCUT2D eigenvalue weighted by Crippen LogP contribution is -2.23. The standard InChI is InChI=1S/C24H25N7O/c1-4-23-28-29-30-31(23)21-13-19(18-7-5-16(2)6-8-18)12-20(14-21)24(32)27-15-17-9-10-26-22(11-17)25-3/h5-14H,4,15H2,1-3H3,(H,25,26)(H,27,32). The summed E-state index contributed by atoms with van der Waals surface area (Å²) in [6.07, 6.45) is 2.40. The fourth-order valence-corrected chi connectivity index (χ4v) is 3.41. The largest absolute Gasteiger partial charge is 0.373 e. The van der Waals surface area contributed by atoms with Crippen molar-refractivity contribution in [1.82, 2.24) is 30.5 Å². The van der Waals surface area contributed by atoms with E-state index in [4.69, 9.17) is 0 Å². The highest BCUT2D eigenvalue weighted by Gasteiger charge is 2.14. The number of nitrogens with zero attached hydrogens (tertiary/aromatic N) is 5. The second-order valence-corrected chi connectivity index (χ2v) is 7.48. The van der Waals surface area contributed by atoms with Gasteiger partial charge >= 0.3 is 0 Å². The van der Waals surface area contributed by atoms with Gasteiger partial charge in [-0.2, -0.15) is 4.68 Å². The molecule has 8 nitrogen and oxygen atoms in total. The van der Waals surface area contributed by atoms with Crippen molar-refractivity contribution in [2.45, 2.75) is 26.8 Å². The van der Waals surface area contributed by atoms with Crippen LogP contribution >= 0.6 is 0 Å². The number of carbonyl (C=O) groups is 1. The van der Waals surface area contributed by atoms with E-state index in [0.717, 1.165) is 34.0 Å². The Balaban J connectivity index is 1.68. The first-order valence-corrected chi connectivity index (χ1v) is 10.5. The number of pyridine rings is 1.